The SMILES string of the molecule is CCCCCCCCCCCCC/C=C/C(O)C(CO)NC(=O)CCCCCCCCC/C=C\CCCCCCCCCCOC(=O)CCCCCCCCCCCCCCCCCCCCC. The maximum absolute atomic E-state index is 12.4. The summed E-state index contributed by atoms with van der Waals surface area (Å²) in [5.41, 5.74) is 0. The molecule has 0 heterocycles. The number of carbonyl (C=O) groups excluding carboxylic acids is 2. The van der Waals surface area contributed by atoms with Gasteiger partial charge in [0.05, 0.1) is 25.4 Å². The molecular weight excluding hydrogens is 839 g/mol. The first kappa shape index (κ1) is 66.3. The smallest absolute Gasteiger partial charge is 0.305 e. The monoisotopic (exact) mass is 958 g/mol. The van der Waals surface area contributed by atoms with Crippen molar-refractivity contribution in [3.63, 3.8) is 0 Å². The van der Waals surface area contributed by atoms with Crippen LogP contribution in [0.4, 0.5) is 0 Å². The van der Waals surface area contributed by atoms with Crippen LogP contribution in [0.15, 0.2) is 24.3 Å². The summed E-state index contributed by atoms with van der Waals surface area (Å²) >= 11 is 0. The zero-order chi connectivity index (χ0) is 49.3. The lowest BCUT2D eigenvalue weighted by molar-refractivity contribution is -0.143. The molecule has 0 aromatic heterocycles. The Morgan fingerprint density at radius 1 is 0.397 bits per heavy atom. The molecule has 0 aromatic carbocycles. The quantitative estimate of drug-likeness (QED) is 0.0321. The molecule has 0 saturated carbocycles. The largest absolute Gasteiger partial charge is 0.466 e. The normalized spacial score (nSPS) is 12.7. The van der Waals surface area contributed by atoms with Crippen LogP contribution in [-0.4, -0.2) is 47.4 Å². The number of carbonyl (C=O) groups is 2. The summed E-state index contributed by atoms with van der Waals surface area (Å²) in [5, 5.41) is 23.1. The second kappa shape index (κ2) is 57.9. The highest BCUT2D eigenvalue weighted by Crippen LogP contribution is 2.17. The molecule has 2 unspecified atom stereocenters. The van der Waals surface area contributed by atoms with Gasteiger partial charge in [-0.25, -0.2) is 0 Å². The van der Waals surface area contributed by atoms with Gasteiger partial charge in [-0.3, -0.25) is 9.59 Å². The molecule has 68 heavy (non-hydrogen) atoms. The molecule has 0 rings (SSSR count). The van der Waals surface area contributed by atoms with Crippen molar-refractivity contribution in [1.82, 2.24) is 5.32 Å². The van der Waals surface area contributed by atoms with Crippen molar-refractivity contribution in [2.24, 2.45) is 0 Å². The number of aliphatic hydroxyl groups is 2. The number of aliphatic hydroxyl groups excluding tert-OH is 2. The Kier molecular flexibility index (Phi) is 56.5. The number of allylic oxidation sites excluding steroid dienone is 3. The van der Waals surface area contributed by atoms with E-state index >= 15 is 0 Å². The summed E-state index contributed by atoms with van der Waals surface area (Å²) in [6.07, 6.45) is 70.7. The van der Waals surface area contributed by atoms with Gasteiger partial charge in [-0.2, -0.15) is 0 Å². The molecule has 0 aliphatic heterocycles. The standard InChI is InChI=1S/C62H119NO5/c1-3-5-7-9-11-13-15-17-18-19-21-25-28-32-36-40-44-48-52-56-62(67)68-57-53-49-45-41-37-33-29-26-23-20-22-24-27-31-35-39-43-47-51-55-61(66)63-59(58-64)60(65)54-50-46-42-38-34-30-16-14-12-10-8-6-4-2/h20,22,50,54,59-60,64-65H,3-19,21,23-49,51-53,55-58H2,1-2H3,(H,63,66)/b22-20-,54-50+. The van der Waals surface area contributed by atoms with Crippen LogP contribution in [-0.2, 0) is 14.3 Å². The second-order valence-corrected chi connectivity index (χ2v) is 21.0. The Balaban J connectivity index is 3.42. The van der Waals surface area contributed by atoms with Gasteiger partial charge in [0.25, 0.3) is 0 Å². The maximum atomic E-state index is 12.4. The highest BCUT2D eigenvalue weighted by atomic mass is 16.5. The van der Waals surface area contributed by atoms with E-state index in [1.807, 2.05) is 6.08 Å². The van der Waals surface area contributed by atoms with E-state index in [1.54, 1.807) is 6.08 Å². The number of esters is 1. The molecule has 0 fully saturated rings. The first-order chi connectivity index (χ1) is 33.5. The Morgan fingerprint density at radius 2 is 0.691 bits per heavy atom. The van der Waals surface area contributed by atoms with E-state index in [0.717, 1.165) is 44.9 Å². The van der Waals surface area contributed by atoms with Gasteiger partial charge in [0, 0.05) is 12.8 Å². The maximum Gasteiger partial charge on any atom is 0.305 e. The third-order valence-electron chi connectivity index (χ3n) is 14.2. The number of unbranched alkanes of at least 4 members (excludes halogenated alkanes) is 44. The number of hydrogen-bond acceptors (Lipinski definition) is 5. The molecule has 6 heteroatoms. The number of rotatable bonds is 57. The molecule has 6 nitrogen and oxygen atoms in total. The molecular formula is C62H119NO5. The Hall–Kier alpha value is -1.66. The average Bonchev–Trinajstić information content (AvgIpc) is 3.34. The Morgan fingerprint density at radius 3 is 1.04 bits per heavy atom. The average molecular weight is 959 g/mol. The summed E-state index contributed by atoms with van der Waals surface area (Å²) in [6, 6.07) is -0.634. The van der Waals surface area contributed by atoms with Crippen LogP contribution in [0.25, 0.3) is 0 Å². The number of ether oxygens (including phenoxy) is 1. The zero-order valence-electron chi connectivity index (χ0n) is 45.9. The first-order valence-corrected chi connectivity index (χ1v) is 30.6. The van der Waals surface area contributed by atoms with Gasteiger partial charge in [-0.15, -0.1) is 0 Å². The first-order valence-electron chi connectivity index (χ1n) is 30.6. The molecule has 0 bridgehead atoms. The van der Waals surface area contributed by atoms with Crippen LogP contribution in [0.5, 0.6) is 0 Å². The molecule has 0 spiro atoms. The Labute approximate surface area is 424 Å². The van der Waals surface area contributed by atoms with Crippen molar-refractivity contribution < 1.29 is 24.5 Å². The Bertz CT molecular complexity index is 1060. The summed E-state index contributed by atoms with van der Waals surface area (Å²) in [6.45, 7) is 4.91. The summed E-state index contributed by atoms with van der Waals surface area (Å²) in [5.74, 6) is -0.0688. The van der Waals surface area contributed by atoms with Gasteiger partial charge in [0.2, 0.25) is 5.91 Å². The minimum Gasteiger partial charge on any atom is -0.466 e. The molecule has 3 N–H and O–H groups in total. The van der Waals surface area contributed by atoms with E-state index < -0.39 is 12.1 Å². The van der Waals surface area contributed by atoms with Gasteiger partial charge in [-0.05, 0) is 57.8 Å². The van der Waals surface area contributed by atoms with Crippen LogP contribution in [0, 0.1) is 0 Å². The number of amides is 1. The van der Waals surface area contributed by atoms with Gasteiger partial charge >= 0.3 is 5.97 Å². The molecule has 0 aliphatic rings. The topological polar surface area (TPSA) is 95.9 Å². The minimum absolute atomic E-state index is 0.00815. The predicted octanol–water partition coefficient (Wildman–Crippen LogP) is 19.0. The molecule has 1 amide bonds. The van der Waals surface area contributed by atoms with Crippen molar-refractivity contribution in [2.75, 3.05) is 13.2 Å². The van der Waals surface area contributed by atoms with Gasteiger partial charge in [0.1, 0.15) is 0 Å². The van der Waals surface area contributed by atoms with E-state index in [-0.39, 0.29) is 18.5 Å². The zero-order valence-corrected chi connectivity index (χ0v) is 45.9. The molecule has 0 aliphatic carbocycles. The van der Waals surface area contributed by atoms with Crippen LogP contribution < -0.4 is 5.32 Å². The van der Waals surface area contributed by atoms with Crippen LogP contribution >= 0.6 is 0 Å². The number of hydrogen-bond donors (Lipinski definition) is 3. The lowest BCUT2D eigenvalue weighted by Gasteiger charge is -2.20. The van der Waals surface area contributed by atoms with Crippen LogP contribution in [0.1, 0.15) is 335 Å². The fraction of sp³-hybridized carbons (Fsp3) is 0.903. The fourth-order valence-electron chi connectivity index (χ4n) is 9.51. The van der Waals surface area contributed by atoms with E-state index in [1.165, 1.54) is 263 Å². The number of nitrogens with one attached hydrogen (secondary N) is 1. The lowest BCUT2D eigenvalue weighted by Crippen LogP contribution is -2.45. The third-order valence-corrected chi connectivity index (χ3v) is 14.2. The van der Waals surface area contributed by atoms with E-state index in [4.69, 9.17) is 4.74 Å². The molecule has 402 valence electrons. The van der Waals surface area contributed by atoms with Gasteiger partial charge < -0.3 is 20.3 Å². The van der Waals surface area contributed by atoms with Crippen molar-refractivity contribution in [1.29, 1.82) is 0 Å². The van der Waals surface area contributed by atoms with E-state index in [2.05, 4.69) is 31.3 Å². The summed E-state index contributed by atoms with van der Waals surface area (Å²) < 4.78 is 5.50. The highest BCUT2D eigenvalue weighted by molar-refractivity contribution is 5.76. The minimum atomic E-state index is -0.849. The summed E-state index contributed by atoms with van der Waals surface area (Å²) in [4.78, 5) is 24.5. The van der Waals surface area contributed by atoms with Crippen molar-refractivity contribution in [3.8, 4) is 0 Å². The third kappa shape index (κ3) is 53.7. The molecule has 0 aromatic rings. The molecule has 0 radical (unpaired) electrons. The van der Waals surface area contributed by atoms with Crippen LogP contribution in [0.2, 0.25) is 0 Å². The van der Waals surface area contributed by atoms with Crippen LogP contribution in [0.3, 0.4) is 0 Å². The van der Waals surface area contributed by atoms with E-state index in [0.29, 0.717) is 19.4 Å². The van der Waals surface area contributed by atoms with Crippen molar-refractivity contribution in [3.05, 3.63) is 24.3 Å². The van der Waals surface area contributed by atoms with Crippen molar-refractivity contribution in [2.45, 2.75) is 347 Å². The van der Waals surface area contributed by atoms with Gasteiger partial charge in [0.15, 0.2) is 0 Å². The molecule has 0 saturated heterocycles. The lowest BCUT2D eigenvalue weighted by atomic mass is 10.0. The fourth-order valence-corrected chi connectivity index (χ4v) is 9.51. The van der Waals surface area contributed by atoms with E-state index in [9.17, 15) is 19.8 Å². The predicted molar refractivity (Wildman–Crippen MR) is 296 cm³/mol. The van der Waals surface area contributed by atoms with Gasteiger partial charge in [-0.1, -0.05) is 289 Å². The second-order valence-electron chi connectivity index (χ2n) is 21.0. The summed E-state index contributed by atoms with van der Waals surface area (Å²) in [7, 11) is 0. The molecule has 2 atom stereocenters. The van der Waals surface area contributed by atoms with Crippen molar-refractivity contribution >= 4 is 11.9 Å². The highest BCUT2D eigenvalue weighted by Gasteiger charge is 2.18.